The zero-order valence-electron chi connectivity index (χ0n) is 11.8. The topological polar surface area (TPSA) is 80.4 Å². The Bertz CT molecular complexity index is 907. The van der Waals surface area contributed by atoms with Crippen molar-refractivity contribution >= 4 is 33.3 Å². The Morgan fingerprint density at radius 3 is 2.35 bits per heavy atom. The zero-order valence-corrected chi connectivity index (χ0v) is 12.6. The predicted octanol–water partition coefficient (Wildman–Crippen LogP) is 3.30. The molecule has 0 aliphatic heterocycles. The van der Waals surface area contributed by atoms with E-state index < -0.39 is 17.5 Å². The molecular weight excluding hydrogens is 317 g/mol. The van der Waals surface area contributed by atoms with E-state index in [1.54, 1.807) is 24.3 Å². The summed E-state index contributed by atoms with van der Waals surface area (Å²) in [6.45, 7) is 0. The molecule has 0 saturated heterocycles. The van der Waals surface area contributed by atoms with Crippen LogP contribution < -0.4 is 5.73 Å². The van der Waals surface area contributed by atoms with E-state index in [0.29, 0.717) is 10.1 Å². The molecule has 1 amide bonds. The van der Waals surface area contributed by atoms with Gasteiger partial charge in [0.1, 0.15) is 4.88 Å². The van der Waals surface area contributed by atoms with Gasteiger partial charge in [0.25, 0.3) is 5.91 Å². The Balaban J connectivity index is 2.19. The number of primary amides is 1. The van der Waals surface area contributed by atoms with Crippen molar-refractivity contribution in [3.8, 4) is 0 Å². The number of halogens is 1. The van der Waals surface area contributed by atoms with Crippen molar-refractivity contribution in [3.05, 3.63) is 70.6 Å². The second-order valence-corrected chi connectivity index (χ2v) is 6.14. The summed E-state index contributed by atoms with van der Waals surface area (Å²) in [6, 6.07) is 14.0. The fraction of sp³-hybridized carbons (Fsp3) is 0.0588. The van der Waals surface area contributed by atoms with Crippen LogP contribution in [0, 0.1) is 0 Å². The third kappa shape index (κ3) is 2.47. The number of nitrogens with two attached hydrogens (primary N) is 1. The van der Waals surface area contributed by atoms with Crippen LogP contribution in [0.3, 0.4) is 0 Å². The van der Waals surface area contributed by atoms with E-state index in [0.717, 1.165) is 11.3 Å². The van der Waals surface area contributed by atoms with Crippen LogP contribution in [0.5, 0.6) is 0 Å². The second kappa shape index (κ2) is 5.48. The van der Waals surface area contributed by atoms with E-state index in [1.165, 1.54) is 30.3 Å². The molecule has 0 fully saturated rings. The molecule has 3 rings (SSSR count). The molecule has 6 heteroatoms. The SMILES string of the molecule is NC(=O)C(F)(c1ccccc1)c1ccc2cc(C(=O)O)sc2c1. The zero-order chi connectivity index (χ0) is 16.6. The molecule has 4 nitrogen and oxygen atoms in total. The number of carboxylic acids is 1. The van der Waals surface area contributed by atoms with E-state index in [4.69, 9.17) is 10.8 Å². The molecule has 0 spiro atoms. The van der Waals surface area contributed by atoms with Gasteiger partial charge in [0.15, 0.2) is 0 Å². The molecule has 2 aromatic carbocycles. The third-order valence-corrected chi connectivity index (χ3v) is 4.73. The maximum atomic E-state index is 15.5. The van der Waals surface area contributed by atoms with Gasteiger partial charge in [-0.25, -0.2) is 9.18 Å². The second-order valence-electron chi connectivity index (χ2n) is 5.06. The highest BCUT2D eigenvalue weighted by Gasteiger charge is 2.41. The van der Waals surface area contributed by atoms with Crippen LogP contribution in [0.15, 0.2) is 54.6 Å². The Morgan fingerprint density at radius 2 is 1.74 bits per heavy atom. The molecule has 3 aromatic rings. The molecular formula is C17H12FNO3S. The number of amides is 1. The summed E-state index contributed by atoms with van der Waals surface area (Å²) in [4.78, 5) is 23.0. The number of hydrogen-bond donors (Lipinski definition) is 2. The van der Waals surface area contributed by atoms with Crippen LogP contribution in [0.25, 0.3) is 10.1 Å². The molecule has 0 radical (unpaired) electrons. The van der Waals surface area contributed by atoms with Gasteiger partial charge in [0.05, 0.1) is 0 Å². The van der Waals surface area contributed by atoms with Crippen molar-refractivity contribution < 1.29 is 19.1 Å². The van der Waals surface area contributed by atoms with E-state index in [-0.39, 0.29) is 16.0 Å². The highest BCUT2D eigenvalue weighted by molar-refractivity contribution is 7.20. The Morgan fingerprint density at radius 1 is 1.04 bits per heavy atom. The van der Waals surface area contributed by atoms with Gasteiger partial charge in [-0.05, 0) is 17.5 Å². The molecule has 23 heavy (non-hydrogen) atoms. The molecule has 1 unspecified atom stereocenters. The van der Waals surface area contributed by atoms with Crippen molar-refractivity contribution in [2.75, 3.05) is 0 Å². The molecule has 0 saturated carbocycles. The average Bonchev–Trinajstić information content (AvgIpc) is 2.98. The van der Waals surface area contributed by atoms with Gasteiger partial charge < -0.3 is 10.8 Å². The summed E-state index contributed by atoms with van der Waals surface area (Å²) < 4.78 is 16.1. The van der Waals surface area contributed by atoms with Gasteiger partial charge in [-0.3, -0.25) is 4.79 Å². The molecule has 0 aliphatic carbocycles. The van der Waals surface area contributed by atoms with E-state index >= 15 is 4.39 Å². The summed E-state index contributed by atoms with van der Waals surface area (Å²) in [5.74, 6) is -2.16. The van der Waals surface area contributed by atoms with Crippen molar-refractivity contribution in [2.24, 2.45) is 5.73 Å². The fourth-order valence-electron chi connectivity index (χ4n) is 2.47. The average molecular weight is 329 g/mol. The van der Waals surface area contributed by atoms with Crippen LogP contribution in [0.1, 0.15) is 20.8 Å². The number of carbonyl (C=O) groups is 2. The lowest BCUT2D eigenvalue weighted by atomic mass is 9.87. The highest BCUT2D eigenvalue weighted by Crippen LogP contribution is 2.37. The van der Waals surface area contributed by atoms with E-state index in [2.05, 4.69) is 0 Å². The first-order valence-electron chi connectivity index (χ1n) is 6.74. The summed E-state index contributed by atoms with van der Waals surface area (Å²) in [5.41, 5.74) is 3.08. The molecule has 3 N–H and O–H groups in total. The quantitative estimate of drug-likeness (QED) is 0.770. The number of rotatable bonds is 4. The molecule has 116 valence electrons. The van der Waals surface area contributed by atoms with Gasteiger partial charge in [0, 0.05) is 15.8 Å². The Labute approximate surface area is 135 Å². The first-order valence-corrected chi connectivity index (χ1v) is 7.56. The molecule has 1 heterocycles. The highest BCUT2D eigenvalue weighted by atomic mass is 32.1. The maximum absolute atomic E-state index is 15.5. The van der Waals surface area contributed by atoms with Crippen LogP contribution in [0.4, 0.5) is 4.39 Å². The summed E-state index contributed by atoms with van der Waals surface area (Å²) in [5, 5.41) is 9.72. The van der Waals surface area contributed by atoms with Gasteiger partial charge >= 0.3 is 5.97 Å². The van der Waals surface area contributed by atoms with Crippen molar-refractivity contribution in [1.29, 1.82) is 0 Å². The minimum Gasteiger partial charge on any atom is -0.477 e. The minimum absolute atomic E-state index is 0.0856. The minimum atomic E-state index is -2.47. The number of hydrogen-bond acceptors (Lipinski definition) is 3. The molecule has 0 aliphatic rings. The molecule has 1 atom stereocenters. The lowest BCUT2D eigenvalue weighted by Crippen LogP contribution is -2.38. The Hall–Kier alpha value is -2.73. The number of carboxylic acid groups (broad SMARTS) is 1. The third-order valence-electron chi connectivity index (χ3n) is 3.64. The summed E-state index contributed by atoms with van der Waals surface area (Å²) in [7, 11) is 0. The van der Waals surface area contributed by atoms with Gasteiger partial charge in [-0.1, -0.05) is 42.5 Å². The van der Waals surface area contributed by atoms with Crippen molar-refractivity contribution in [3.63, 3.8) is 0 Å². The van der Waals surface area contributed by atoms with Gasteiger partial charge in [-0.2, -0.15) is 0 Å². The van der Waals surface area contributed by atoms with E-state index in [1.807, 2.05) is 0 Å². The van der Waals surface area contributed by atoms with E-state index in [9.17, 15) is 9.59 Å². The van der Waals surface area contributed by atoms with Crippen LogP contribution in [-0.2, 0) is 10.5 Å². The standard InChI is InChI=1S/C17H12FNO3S/c18-17(16(19)22,11-4-2-1-3-5-11)12-7-6-10-8-14(15(20)21)23-13(10)9-12/h1-9H,(H2,19,22)(H,20,21). The smallest absolute Gasteiger partial charge is 0.345 e. The largest absolute Gasteiger partial charge is 0.477 e. The van der Waals surface area contributed by atoms with Crippen LogP contribution >= 0.6 is 11.3 Å². The number of alkyl halides is 1. The first kappa shape index (κ1) is 15.2. The summed E-state index contributed by atoms with van der Waals surface area (Å²) >= 11 is 1.02. The summed E-state index contributed by atoms with van der Waals surface area (Å²) in [6.07, 6.45) is 0. The molecule has 0 bridgehead atoms. The predicted molar refractivity (Wildman–Crippen MR) is 86.3 cm³/mol. The maximum Gasteiger partial charge on any atom is 0.345 e. The number of carbonyl (C=O) groups excluding carboxylic acids is 1. The van der Waals surface area contributed by atoms with Crippen molar-refractivity contribution in [1.82, 2.24) is 0 Å². The monoisotopic (exact) mass is 329 g/mol. The fourth-order valence-corrected chi connectivity index (χ4v) is 3.41. The van der Waals surface area contributed by atoms with Gasteiger partial charge in [-0.15, -0.1) is 11.3 Å². The van der Waals surface area contributed by atoms with Crippen LogP contribution in [0.2, 0.25) is 0 Å². The number of fused-ring (bicyclic) bond motifs is 1. The lowest BCUT2D eigenvalue weighted by Gasteiger charge is -2.23. The lowest BCUT2D eigenvalue weighted by molar-refractivity contribution is -0.127. The molecule has 1 aromatic heterocycles. The normalized spacial score (nSPS) is 13.6. The number of aromatic carboxylic acids is 1. The van der Waals surface area contributed by atoms with Crippen molar-refractivity contribution in [2.45, 2.75) is 5.67 Å². The van der Waals surface area contributed by atoms with Crippen LogP contribution in [-0.4, -0.2) is 17.0 Å². The number of benzene rings is 2. The first-order chi connectivity index (χ1) is 10.9. The number of thiophene rings is 1. The van der Waals surface area contributed by atoms with Gasteiger partial charge in [0.2, 0.25) is 5.67 Å². The Kier molecular flexibility index (Phi) is 3.61.